The third-order valence-electron chi connectivity index (χ3n) is 10.2. The van der Waals surface area contributed by atoms with Gasteiger partial charge >= 0.3 is 11.8 Å². The van der Waals surface area contributed by atoms with Gasteiger partial charge in [0.25, 0.3) is 0 Å². The van der Waals surface area contributed by atoms with E-state index in [1.54, 1.807) is 24.4 Å². The highest BCUT2D eigenvalue weighted by atomic mass is 19.3. The zero-order chi connectivity index (χ0) is 29.8. The molecule has 2 aromatic heterocycles. The highest BCUT2D eigenvalue weighted by Gasteiger charge is 2.62. The van der Waals surface area contributed by atoms with Gasteiger partial charge in [-0.2, -0.15) is 17.6 Å². The third-order valence-corrected chi connectivity index (χ3v) is 10.2. The van der Waals surface area contributed by atoms with Gasteiger partial charge in [0.2, 0.25) is 0 Å². The second-order valence-corrected chi connectivity index (χ2v) is 13.0. The van der Waals surface area contributed by atoms with Gasteiger partial charge in [0.15, 0.2) is 0 Å². The minimum Gasteiger partial charge on any atom is -0.341 e. The number of hydrogen-bond donors (Lipinski definition) is 4. The molecule has 224 valence electrons. The van der Waals surface area contributed by atoms with E-state index in [4.69, 9.17) is 0 Å². The fourth-order valence-electron chi connectivity index (χ4n) is 7.38. The molecule has 4 heterocycles. The molecule has 2 saturated heterocycles. The van der Waals surface area contributed by atoms with E-state index in [1.807, 2.05) is 12.1 Å². The Labute approximate surface area is 250 Å². The molecule has 1 spiro atoms. The van der Waals surface area contributed by atoms with Crippen LogP contribution in [0.25, 0.3) is 44.5 Å². The first-order valence-electron chi connectivity index (χ1n) is 15.3. The number of aromatic amines is 2. The summed E-state index contributed by atoms with van der Waals surface area (Å²) in [5.41, 5.74) is 2.79. The number of benzene rings is 3. The predicted molar refractivity (Wildman–Crippen MR) is 159 cm³/mol. The first-order chi connectivity index (χ1) is 21.2. The Bertz CT molecular complexity index is 1950. The van der Waals surface area contributed by atoms with E-state index in [0.717, 1.165) is 55.0 Å². The molecule has 0 bridgehead atoms. The molecule has 44 heavy (non-hydrogen) atoms. The van der Waals surface area contributed by atoms with E-state index in [1.165, 1.54) is 37.1 Å². The summed E-state index contributed by atoms with van der Waals surface area (Å²) in [5, 5.41) is 6.91. The van der Waals surface area contributed by atoms with Crippen molar-refractivity contribution in [2.24, 2.45) is 5.41 Å². The van der Waals surface area contributed by atoms with Crippen LogP contribution in [-0.4, -0.2) is 33.0 Å². The number of fused-ring (bicyclic) bond motifs is 4. The van der Waals surface area contributed by atoms with Gasteiger partial charge in [-0.3, -0.25) is 0 Å². The quantitative estimate of drug-likeness (QED) is 0.160. The summed E-state index contributed by atoms with van der Waals surface area (Å²) in [7, 11) is 0. The number of aromatic nitrogens is 4. The Balaban J connectivity index is 1.07. The van der Waals surface area contributed by atoms with Gasteiger partial charge in [-0.1, -0.05) is 30.3 Å². The molecule has 1 saturated carbocycles. The zero-order valence-electron chi connectivity index (χ0n) is 23.8. The second-order valence-electron chi connectivity index (χ2n) is 13.0. The highest BCUT2D eigenvalue weighted by Crippen LogP contribution is 2.59. The molecular formula is C34H30F4N6. The van der Waals surface area contributed by atoms with E-state index in [9.17, 15) is 0 Å². The molecule has 4 N–H and O–H groups in total. The number of alkyl halides is 4. The molecule has 3 fully saturated rings. The molecule has 3 aromatic carbocycles. The number of nitrogens with zero attached hydrogens (tertiary/aromatic N) is 2. The fraction of sp³-hybridized carbons (Fsp3) is 0.353. The van der Waals surface area contributed by atoms with Gasteiger partial charge in [0.05, 0.1) is 35.0 Å². The monoisotopic (exact) mass is 598 g/mol. The van der Waals surface area contributed by atoms with Gasteiger partial charge < -0.3 is 20.6 Å². The van der Waals surface area contributed by atoms with Crippen LogP contribution in [0.2, 0.25) is 0 Å². The minimum atomic E-state index is -4.41. The van der Waals surface area contributed by atoms with Crippen molar-refractivity contribution in [1.29, 1.82) is 0 Å². The highest BCUT2D eigenvalue weighted by molar-refractivity contribution is 5.85. The SMILES string of the molecule is FC1(F)c2cc(-c3ccc4nc([C@@H]5CCCN5)[nH]c4c3)ccc2-c2ccc(-c3cnc([C@@H]4CC5(CC5)CN4)[nH]3)cc2C1(F)F. The van der Waals surface area contributed by atoms with Crippen molar-refractivity contribution in [1.82, 2.24) is 30.6 Å². The summed E-state index contributed by atoms with van der Waals surface area (Å²) < 4.78 is 63.2. The summed E-state index contributed by atoms with van der Waals surface area (Å²) in [5.74, 6) is -7.23. The average molecular weight is 599 g/mol. The lowest BCUT2D eigenvalue weighted by Gasteiger charge is -2.35. The Morgan fingerprint density at radius 3 is 2.14 bits per heavy atom. The fourth-order valence-corrected chi connectivity index (χ4v) is 7.38. The van der Waals surface area contributed by atoms with E-state index < -0.39 is 23.0 Å². The van der Waals surface area contributed by atoms with Crippen molar-refractivity contribution in [2.45, 2.75) is 56.0 Å². The molecule has 0 radical (unpaired) electrons. The third kappa shape index (κ3) is 3.86. The molecule has 10 heteroatoms. The maximum absolute atomic E-state index is 15.8. The molecule has 2 atom stereocenters. The number of hydrogen-bond acceptors (Lipinski definition) is 4. The predicted octanol–water partition coefficient (Wildman–Crippen LogP) is 7.72. The maximum atomic E-state index is 15.8. The lowest BCUT2D eigenvalue weighted by Crippen LogP contribution is -2.39. The topological polar surface area (TPSA) is 81.4 Å². The number of imidazole rings is 2. The molecule has 0 amide bonds. The van der Waals surface area contributed by atoms with Crippen molar-refractivity contribution in [3.05, 3.63) is 83.6 Å². The van der Waals surface area contributed by atoms with E-state index in [0.29, 0.717) is 27.8 Å². The molecule has 6 nitrogen and oxygen atoms in total. The van der Waals surface area contributed by atoms with Crippen LogP contribution in [0.5, 0.6) is 0 Å². The maximum Gasteiger partial charge on any atom is 0.340 e. The summed E-state index contributed by atoms with van der Waals surface area (Å²) in [4.78, 5) is 15.8. The molecule has 5 aromatic rings. The van der Waals surface area contributed by atoms with Gasteiger partial charge in [-0.25, -0.2) is 9.97 Å². The molecule has 2 aliphatic heterocycles. The zero-order valence-corrected chi connectivity index (χ0v) is 23.8. The molecule has 0 unspecified atom stereocenters. The Hall–Kier alpha value is -4.02. The summed E-state index contributed by atoms with van der Waals surface area (Å²) >= 11 is 0. The second kappa shape index (κ2) is 9.01. The van der Waals surface area contributed by atoms with E-state index >= 15 is 17.6 Å². The van der Waals surface area contributed by atoms with E-state index in [-0.39, 0.29) is 23.2 Å². The smallest absolute Gasteiger partial charge is 0.340 e. The molecular weight excluding hydrogens is 568 g/mol. The van der Waals surface area contributed by atoms with Crippen LogP contribution in [0.15, 0.2) is 60.8 Å². The normalized spacial score (nSPS) is 24.1. The van der Waals surface area contributed by atoms with Crippen LogP contribution in [0.3, 0.4) is 0 Å². The van der Waals surface area contributed by atoms with Crippen LogP contribution in [0.4, 0.5) is 17.6 Å². The first-order valence-corrected chi connectivity index (χ1v) is 15.3. The van der Waals surface area contributed by atoms with Gasteiger partial charge in [0.1, 0.15) is 11.6 Å². The Morgan fingerprint density at radius 1 is 0.727 bits per heavy atom. The summed E-state index contributed by atoms with van der Waals surface area (Å²) in [6, 6.07) is 14.6. The molecule has 2 aliphatic carbocycles. The van der Waals surface area contributed by atoms with Crippen LogP contribution in [0, 0.1) is 5.41 Å². The minimum absolute atomic E-state index is 0.0797. The van der Waals surface area contributed by atoms with E-state index in [2.05, 4.69) is 30.6 Å². The van der Waals surface area contributed by atoms with Crippen LogP contribution in [0.1, 0.15) is 67.0 Å². The number of halogens is 4. The summed E-state index contributed by atoms with van der Waals surface area (Å²) in [6.45, 7) is 1.89. The van der Waals surface area contributed by atoms with Crippen LogP contribution < -0.4 is 10.6 Å². The van der Waals surface area contributed by atoms with Gasteiger partial charge in [-0.15, -0.1) is 0 Å². The average Bonchev–Trinajstić information content (AvgIpc) is 3.57. The van der Waals surface area contributed by atoms with Crippen molar-refractivity contribution in [3.63, 3.8) is 0 Å². The molecule has 9 rings (SSSR count). The molecule has 4 aliphatic rings. The van der Waals surface area contributed by atoms with Gasteiger partial charge in [0, 0.05) is 23.2 Å². The summed E-state index contributed by atoms with van der Waals surface area (Å²) in [6.07, 6.45) is 7.07. The first kappa shape index (κ1) is 26.4. The van der Waals surface area contributed by atoms with Crippen molar-refractivity contribution < 1.29 is 17.6 Å². The lowest BCUT2D eigenvalue weighted by molar-refractivity contribution is -0.225. The largest absolute Gasteiger partial charge is 0.341 e. The van der Waals surface area contributed by atoms with Crippen LogP contribution in [-0.2, 0) is 11.8 Å². The number of nitrogens with one attached hydrogen (secondary N) is 4. The van der Waals surface area contributed by atoms with Crippen LogP contribution >= 0.6 is 0 Å². The van der Waals surface area contributed by atoms with Crippen molar-refractivity contribution in [3.8, 4) is 33.5 Å². The standard InChI is InChI=1S/C34H30F4N6/c35-33(36)23-12-18(19-5-8-25-27(14-19)43-31(42-25)26-2-1-11-39-26)3-6-21(23)22-7-4-20(13-24(22)34(33,37)38)29-16-40-30(44-29)28-15-32(9-10-32)17-41-28/h3-8,12-14,16,26,28,39,41H,1-2,9-11,15,17H2,(H,40,44)(H,42,43)/t26-,28-/m0/s1. The Morgan fingerprint density at radius 2 is 1.43 bits per heavy atom. The number of rotatable bonds is 4. The number of H-pyrrole nitrogens is 2. The van der Waals surface area contributed by atoms with Crippen molar-refractivity contribution in [2.75, 3.05) is 13.1 Å². The van der Waals surface area contributed by atoms with Gasteiger partial charge in [-0.05, 0) is 90.6 Å². The lowest BCUT2D eigenvalue weighted by atomic mass is 9.78. The van der Waals surface area contributed by atoms with Crippen molar-refractivity contribution >= 4 is 11.0 Å². The Kier molecular flexibility index (Phi) is 5.41.